The number of aromatic amines is 2. The zero-order valence-corrected chi connectivity index (χ0v) is 35.7. The fourth-order valence-corrected chi connectivity index (χ4v) is 8.93. The molecule has 0 saturated carbocycles. The summed E-state index contributed by atoms with van der Waals surface area (Å²) in [6.07, 6.45) is -0.566. The Hall–Kier alpha value is -6.74. The van der Waals surface area contributed by atoms with Crippen LogP contribution < -0.4 is 36.2 Å². The number of hydrazine groups is 1. The number of aliphatic hydroxyl groups is 1. The molecule has 0 bridgehead atoms. The van der Waals surface area contributed by atoms with Gasteiger partial charge in [-0.2, -0.15) is 15.5 Å². The molecule has 3 aliphatic rings. The van der Waals surface area contributed by atoms with Gasteiger partial charge < -0.3 is 50.7 Å². The van der Waals surface area contributed by atoms with Gasteiger partial charge in [-0.05, 0) is 81.8 Å². The standard InChI is InChI=1S/C44H52FN11O8/c1-44(45,21-34(40(59)50-26(22-46)17-24-12-15-48-38(24)57)54-39(58)32-19-28-30(52-32)7-4-10-36(28)63-2)55-16-13-25(42(55)61)18-27(23-47)51-41(60)35-9-6-14-49-56(35)43(62)33-20-29-31(53-33)8-5-11-37(29)64-3/h4-5,7-8,10-11,19-20,24-27,34-35,43,49,52-53,62H,6,9,12-18,21H2,1-3H3,(H,48,57)(H,50,59)(H,51,60)(H,54,58). The van der Waals surface area contributed by atoms with Gasteiger partial charge in [0.2, 0.25) is 23.6 Å². The number of nitrogens with one attached hydrogen (secondary N) is 7. The van der Waals surface area contributed by atoms with Gasteiger partial charge >= 0.3 is 0 Å². The average Bonchev–Trinajstić information content (AvgIpc) is 4.11. The molecule has 19 nitrogen and oxygen atoms in total. The highest BCUT2D eigenvalue weighted by molar-refractivity contribution is 6.01. The Morgan fingerprint density at radius 2 is 1.56 bits per heavy atom. The lowest BCUT2D eigenvalue weighted by molar-refractivity contribution is -0.146. The molecule has 8 unspecified atom stereocenters. The summed E-state index contributed by atoms with van der Waals surface area (Å²) in [7, 11) is 3.02. The van der Waals surface area contributed by atoms with E-state index in [0.29, 0.717) is 60.4 Å². The highest BCUT2D eigenvalue weighted by Gasteiger charge is 2.47. The van der Waals surface area contributed by atoms with Gasteiger partial charge in [-0.1, -0.05) is 12.1 Å². The molecule has 3 aliphatic heterocycles. The number of alkyl halides is 1. The van der Waals surface area contributed by atoms with Crippen LogP contribution in [-0.2, 0) is 19.2 Å². The van der Waals surface area contributed by atoms with Crippen LogP contribution in [0.1, 0.15) is 74.3 Å². The monoisotopic (exact) mass is 881 g/mol. The van der Waals surface area contributed by atoms with E-state index in [4.69, 9.17) is 9.47 Å². The minimum absolute atomic E-state index is 0.00192. The minimum atomic E-state index is -2.53. The molecule has 0 spiro atoms. The Labute approximate surface area is 367 Å². The maximum Gasteiger partial charge on any atom is 0.268 e. The van der Waals surface area contributed by atoms with E-state index in [-0.39, 0.29) is 37.4 Å². The molecule has 0 aliphatic carbocycles. The fraction of sp³-hybridized carbons (Fsp3) is 0.477. The van der Waals surface area contributed by atoms with Crippen molar-refractivity contribution in [3.05, 3.63) is 59.9 Å². The number of hydrogen-bond acceptors (Lipinski definition) is 12. The Bertz CT molecular complexity index is 2490. The summed E-state index contributed by atoms with van der Waals surface area (Å²) in [6.45, 7) is 1.94. The largest absolute Gasteiger partial charge is 0.496 e. The molecule has 5 heterocycles. The number of hydrogen-bond donors (Lipinski definition) is 8. The summed E-state index contributed by atoms with van der Waals surface area (Å²) >= 11 is 0. The number of benzene rings is 2. The first kappa shape index (κ1) is 45.3. The van der Waals surface area contributed by atoms with Gasteiger partial charge in [0.25, 0.3) is 5.91 Å². The second-order valence-electron chi connectivity index (χ2n) is 16.6. The summed E-state index contributed by atoms with van der Waals surface area (Å²) in [5.41, 5.74) is 4.84. The number of aromatic nitrogens is 2. The van der Waals surface area contributed by atoms with Gasteiger partial charge in [-0.3, -0.25) is 29.4 Å². The number of rotatable bonds is 17. The van der Waals surface area contributed by atoms with Crippen LogP contribution in [0.25, 0.3) is 21.8 Å². The van der Waals surface area contributed by atoms with Gasteiger partial charge in [0, 0.05) is 59.7 Å². The first-order chi connectivity index (χ1) is 30.7. The first-order valence-electron chi connectivity index (χ1n) is 21.2. The predicted molar refractivity (Wildman–Crippen MR) is 228 cm³/mol. The average molecular weight is 882 g/mol. The molecular formula is C44H52FN11O8. The summed E-state index contributed by atoms with van der Waals surface area (Å²) in [4.78, 5) is 74.6. The summed E-state index contributed by atoms with van der Waals surface area (Å²) in [5.74, 6) is -5.95. The lowest BCUT2D eigenvalue weighted by atomic mass is 9.97. The van der Waals surface area contributed by atoms with E-state index < -0.39 is 78.1 Å². The molecular weight excluding hydrogens is 830 g/mol. The zero-order chi connectivity index (χ0) is 45.7. The molecule has 2 aromatic heterocycles. The van der Waals surface area contributed by atoms with Crippen molar-refractivity contribution >= 4 is 51.3 Å². The van der Waals surface area contributed by atoms with E-state index in [1.165, 1.54) is 18.2 Å². The number of carbonyl (C=O) groups excluding carboxylic acids is 5. The normalized spacial score (nSPS) is 21.8. The smallest absolute Gasteiger partial charge is 0.268 e. The SMILES string of the molecule is COc1cccc2[nH]c(C(=O)NC(CC(C)(F)N3CCC(CC(C#N)NC(=O)C4CCCNN4C(O)c4cc5c(OC)cccc5[nH]4)C3=O)C(=O)NC(C#N)CC3CCNC3=O)cc12. The predicted octanol–water partition coefficient (Wildman–Crippen LogP) is 2.28. The van der Waals surface area contributed by atoms with Crippen molar-refractivity contribution in [2.75, 3.05) is 33.9 Å². The van der Waals surface area contributed by atoms with Crippen LogP contribution in [0, 0.1) is 34.5 Å². The van der Waals surface area contributed by atoms with Crippen molar-refractivity contribution in [3.63, 3.8) is 0 Å². The van der Waals surface area contributed by atoms with Crippen LogP contribution >= 0.6 is 0 Å². The number of methoxy groups -OCH3 is 2. The van der Waals surface area contributed by atoms with Gasteiger partial charge in [-0.15, -0.1) is 0 Å². The van der Waals surface area contributed by atoms with Gasteiger partial charge in [0.1, 0.15) is 41.4 Å². The number of halogens is 1. The number of nitriles is 2. The highest BCUT2D eigenvalue weighted by atomic mass is 19.1. The molecule has 8 atom stereocenters. The molecule has 338 valence electrons. The molecule has 2 aromatic carbocycles. The molecule has 7 rings (SSSR count). The quantitative estimate of drug-likeness (QED) is 0.0711. The maximum atomic E-state index is 17.0. The Kier molecular flexibility index (Phi) is 13.7. The minimum Gasteiger partial charge on any atom is -0.496 e. The van der Waals surface area contributed by atoms with E-state index in [9.17, 15) is 39.6 Å². The van der Waals surface area contributed by atoms with E-state index in [2.05, 4.69) is 42.7 Å². The van der Waals surface area contributed by atoms with Crippen LogP contribution in [0.4, 0.5) is 4.39 Å². The fourth-order valence-electron chi connectivity index (χ4n) is 8.93. The van der Waals surface area contributed by atoms with Crippen molar-refractivity contribution in [2.24, 2.45) is 11.8 Å². The summed E-state index contributed by atoms with van der Waals surface area (Å²) in [5, 5.41) is 44.8. The Morgan fingerprint density at radius 3 is 2.22 bits per heavy atom. The number of aliphatic hydroxyl groups excluding tert-OH is 1. The van der Waals surface area contributed by atoms with Crippen LogP contribution in [0.5, 0.6) is 11.5 Å². The van der Waals surface area contributed by atoms with Crippen molar-refractivity contribution in [1.29, 1.82) is 10.5 Å². The topological polar surface area (TPSA) is 270 Å². The Balaban J connectivity index is 1.02. The molecule has 0 radical (unpaired) electrons. The molecule has 3 fully saturated rings. The van der Waals surface area contributed by atoms with Crippen molar-refractivity contribution in [3.8, 4) is 23.6 Å². The molecule has 3 saturated heterocycles. The van der Waals surface area contributed by atoms with E-state index in [1.807, 2.05) is 18.2 Å². The number of carbonyl (C=O) groups is 5. The molecule has 8 N–H and O–H groups in total. The molecule has 5 amide bonds. The number of fused-ring (bicyclic) bond motifs is 2. The number of amides is 5. The van der Waals surface area contributed by atoms with Crippen molar-refractivity contribution < 1.29 is 42.9 Å². The number of ether oxygens (including phenoxy) is 2. The number of H-pyrrole nitrogens is 2. The van der Waals surface area contributed by atoms with Gasteiger partial charge in [0.15, 0.2) is 12.0 Å². The number of likely N-dealkylation sites (tertiary alicyclic amines) is 1. The third-order valence-corrected chi connectivity index (χ3v) is 12.3. The van der Waals surface area contributed by atoms with Crippen LogP contribution in [0.15, 0.2) is 48.5 Å². The van der Waals surface area contributed by atoms with E-state index >= 15 is 4.39 Å². The Morgan fingerprint density at radius 1 is 0.906 bits per heavy atom. The van der Waals surface area contributed by atoms with E-state index in [0.717, 1.165) is 22.7 Å². The van der Waals surface area contributed by atoms with E-state index in [1.54, 1.807) is 37.4 Å². The lowest BCUT2D eigenvalue weighted by Crippen LogP contribution is -2.58. The van der Waals surface area contributed by atoms with Gasteiger partial charge in [0.05, 0.1) is 32.1 Å². The summed E-state index contributed by atoms with van der Waals surface area (Å²) in [6, 6.07) is 13.1. The molecule has 4 aromatic rings. The lowest BCUT2D eigenvalue weighted by Gasteiger charge is -2.38. The molecule has 64 heavy (non-hydrogen) atoms. The van der Waals surface area contributed by atoms with Crippen molar-refractivity contribution in [2.45, 2.75) is 88.1 Å². The second kappa shape index (κ2) is 19.3. The van der Waals surface area contributed by atoms with Crippen molar-refractivity contribution in [1.82, 2.24) is 46.6 Å². The summed E-state index contributed by atoms with van der Waals surface area (Å²) < 4.78 is 27.9. The van der Waals surface area contributed by atoms with Crippen LogP contribution in [0.3, 0.4) is 0 Å². The second-order valence-corrected chi connectivity index (χ2v) is 16.6. The maximum absolute atomic E-state index is 17.0. The van der Waals surface area contributed by atoms with Gasteiger partial charge in [-0.25, -0.2) is 4.39 Å². The van der Waals surface area contributed by atoms with Crippen LogP contribution in [0.2, 0.25) is 0 Å². The number of nitrogens with zero attached hydrogens (tertiary/aromatic N) is 4. The highest BCUT2D eigenvalue weighted by Crippen LogP contribution is 2.35. The van der Waals surface area contributed by atoms with Crippen LogP contribution in [-0.4, -0.2) is 118 Å². The third-order valence-electron chi connectivity index (χ3n) is 12.3. The molecule has 20 heteroatoms. The third kappa shape index (κ3) is 9.59. The zero-order valence-electron chi connectivity index (χ0n) is 35.7. The first-order valence-corrected chi connectivity index (χ1v) is 21.2.